The van der Waals surface area contributed by atoms with Gasteiger partial charge in [-0.25, -0.2) is 4.98 Å². The van der Waals surface area contributed by atoms with Gasteiger partial charge in [-0.1, -0.05) is 35.9 Å². The zero-order valence-corrected chi connectivity index (χ0v) is 14.6. The summed E-state index contributed by atoms with van der Waals surface area (Å²) in [5, 5.41) is 3.51. The largest absolute Gasteiger partial charge is 0.324 e. The maximum absolute atomic E-state index is 12.6. The molecule has 0 bridgehead atoms. The lowest BCUT2D eigenvalue weighted by Crippen LogP contribution is -2.17. The first-order chi connectivity index (χ1) is 12.0. The molecule has 0 aliphatic heterocycles. The van der Waals surface area contributed by atoms with E-state index < -0.39 is 10.0 Å². The minimum atomic E-state index is -3.87. The predicted molar refractivity (Wildman–Crippen MR) is 99.5 cm³/mol. The Hall–Kier alpha value is -2.70. The maximum atomic E-state index is 12.6. The van der Waals surface area contributed by atoms with E-state index in [4.69, 9.17) is 11.6 Å². The minimum absolute atomic E-state index is 0.115. The Labute approximate surface area is 151 Å². The van der Waals surface area contributed by atoms with Gasteiger partial charge in [-0.15, -0.1) is 4.40 Å². The number of rotatable bonds is 4. The van der Waals surface area contributed by atoms with Gasteiger partial charge in [0.1, 0.15) is 5.82 Å². The zero-order valence-electron chi connectivity index (χ0n) is 13.0. The van der Waals surface area contributed by atoms with E-state index in [9.17, 15) is 8.42 Å². The summed E-state index contributed by atoms with van der Waals surface area (Å²) in [6.07, 6.45) is 1.60. The van der Waals surface area contributed by atoms with Crippen molar-refractivity contribution in [2.24, 2.45) is 4.40 Å². The highest BCUT2D eigenvalue weighted by atomic mass is 35.5. The number of aromatic nitrogens is 1. The molecule has 0 amide bonds. The molecule has 0 unspecified atom stereocenters. The van der Waals surface area contributed by atoms with E-state index in [0.717, 1.165) is 0 Å². The van der Waals surface area contributed by atoms with Crippen LogP contribution in [0.2, 0.25) is 5.02 Å². The highest BCUT2D eigenvalue weighted by Crippen LogP contribution is 2.16. The van der Waals surface area contributed by atoms with E-state index in [2.05, 4.69) is 14.7 Å². The molecule has 25 heavy (non-hydrogen) atoms. The molecule has 0 atom stereocenters. The molecule has 1 heterocycles. The number of amidine groups is 1. The van der Waals surface area contributed by atoms with Crippen molar-refractivity contribution in [1.82, 2.24) is 4.98 Å². The molecule has 0 saturated carbocycles. The Balaban J connectivity index is 2.05. The van der Waals surface area contributed by atoms with Crippen LogP contribution in [0.25, 0.3) is 0 Å². The topological polar surface area (TPSA) is 71.4 Å². The van der Waals surface area contributed by atoms with Crippen molar-refractivity contribution in [2.45, 2.75) is 4.90 Å². The molecule has 5 nitrogen and oxygen atoms in total. The third kappa shape index (κ3) is 4.43. The molecule has 0 aliphatic rings. The summed E-state index contributed by atoms with van der Waals surface area (Å²) in [4.78, 5) is 4.27. The standard InChI is InChI=1S/C18H14ClN3O2S/c19-15-11-9-14(10-12-15)18(21-17-8-4-5-13-20-17)22-25(23,24)16-6-2-1-3-7-16/h1-13H,(H,20,21,22). The van der Waals surface area contributed by atoms with Crippen LogP contribution in [0.1, 0.15) is 5.56 Å². The second-order valence-corrected chi connectivity index (χ2v) is 7.12. The third-order valence-electron chi connectivity index (χ3n) is 3.28. The number of nitrogens with one attached hydrogen (secondary N) is 1. The van der Waals surface area contributed by atoms with Crippen molar-refractivity contribution in [1.29, 1.82) is 0 Å². The fourth-order valence-electron chi connectivity index (χ4n) is 2.08. The summed E-state index contributed by atoms with van der Waals surface area (Å²) < 4.78 is 29.2. The van der Waals surface area contributed by atoms with Gasteiger partial charge >= 0.3 is 0 Å². The number of sulfonamides is 1. The van der Waals surface area contributed by atoms with Crippen LogP contribution in [0.5, 0.6) is 0 Å². The van der Waals surface area contributed by atoms with Crippen molar-refractivity contribution in [2.75, 3.05) is 5.32 Å². The summed E-state index contributed by atoms with van der Waals surface area (Å²) in [5.41, 5.74) is 0.578. The molecule has 3 aromatic rings. The Morgan fingerprint density at radius 2 is 1.60 bits per heavy atom. The maximum Gasteiger partial charge on any atom is 0.284 e. The van der Waals surface area contributed by atoms with E-state index in [-0.39, 0.29) is 10.7 Å². The van der Waals surface area contributed by atoms with Crippen molar-refractivity contribution in [3.8, 4) is 0 Å². The van der Waals surface area contributed by atoms with E-state index in [0.29, 0.717) is 16.4 Å². The van der Waals surface area contributed by atoms with Crippen molar-refractivity contribution < 1.29 is 8.42 Å². The lowest BCUT2D eigenvalue weighted by Gasteiger charge is -2.10. The van der Waals surface area contributed by atoms with Gasteiger partial charge in [-0.05, 0) is 48.5 Å². The predicted octanol–water partition coefficient (Wildman–Crippen LogP) is 3.98. The first-order valence-corrected chi connectivity index (χ1v) is 9.20. The molecular formula is C18H14ClN3O2S. The molecule has 2 aromatic carbocycles. The summed E-state index contributed by atoms with van der Waals surface area (Å²) >= 11 is 5.91. The molecule has 0 fully saturated rings. The van der Waals surface area contributed by atoms with Crippen molar-refractivity contribution in [3.63, 3.8) is 0 Å². The van der Waals surface area contributed by atoms with Gasteiger partial charge in [0.05, 0.1) is 4.90 Å². The van der Waals surface area contributed by atoms with Gasteiger partial charge in [-0.2, -0.15) is 8.42 Å². The Morgan fingerprint density at radius 1 is 0.920 bits per heavy atom. The van der Waals surface area contributed by atoms with Crippen LogP contribution in [0.4, 0.5) is 5.82 Å². The van der Waals surface area contributed by atoms with Gasteiger partial charge in [0, 0.05) is 16.8 Å². The number of benzene rings is 2. The minimum Gasteiger partial charge on any atom is -0.324 e. The van der Waals surface area contributed by atoms with Gasteiger partial charge in [-0.3, -0.25) is 0 Å². The number of nitrogens with zero attached hydrogens (tertiary/aromatic N) is 2. The van der Waals surface area contributed by atoms with Gasteiger partial charge in [0.2, 0.25) is 0 Å². The smallest absolute Gasteiger partial charge is 0.284 e. The van der Waals surface area contributed by atoms with E-state index in [1.807, 2.05) is 0 Å². The Kier molecular flexibility index (Phi) is 5.11. The highest BCUT2D eigenvalue weighted by Gasteiger charge is 2.15. The van der Waals surface area contributed by atoms with Crippen LogP contribution in [0, 0.1) is 0 Å². The van der Waals surface area contributed by atoms with Crippen LogP contribution in [0.15, 0.2) is 88.3 Å². The zero-order chi connectivity index (χ0) is 17.7. The molecule has 1 N–H and O–H groups in total. The lowest BCUT2D eigenvalue weighted by atomic mass is 10.2. The fraction of sp³-hybridized carbons (Fsp3) is 0. The summed E-state index contributed by atoms with van der Waals surface area (Å²) in [5.74, 6) is 0.652. The molecule has 7 heteroatoms. The molecule has 126 valence electrons. The van der Waals surface area contributed by atoms with Crippen LogP contribution < -0.4 is 5.32 Å². The molecule has 0 saturated heterocycles. The molecule has 3 rings (SSSR count). The Bertz CT molecular complexity index is 974. The number of hydrogen-bond donors (Lipinski definition) is 1. The van der Waals surface area contributed by atoms with Gasteiger partial charge in [0.25, 0.3) is 10.0 Å². The molecule has 0 aliphatic carbocycles. The average Bonchev–Trinajstić information content (AvgIpc) is 2.63. The van der Waals surface area contributed by atoms with E-state index >= 15 is 0 Å². The second kappa shape index (κ2) is 7.46. The van der Waals surface area contributed by atoms with Crippen LogP contribution in [-0.2, 0) is 10.0 Å². The summed E-state index contributed by atoms with van der Waals surface area (Å²) in [6, 6.07) is 20.0. The van der Waals surface area contributed by atoms with Crippen LogP contribution in [0.3, 0.4) is 0 Å². The number of hydrogen-bond acceptors (Lipinski definition) is 3. The summed E-state index contributed by atoms with van der Waals surface area (Å²) in [7, 11) is -3.87. The molecular weight excluding hydrogens is 358 g/mol. The van der Waals surface area contributed by atoms with Gasteiger partial charge < -0.3 is 5.32 Å². The SMILES string of the molecule is O=S(=O)(/N=C(/Nc1ccccn1)c1ccc(Cl)cc1)c1ccccc1. The summed E-state index contributed by atoms with van der Waals surface area (Å²) in [6.45, 7) is 0. The van der Waals surface area contributed by atoms with Crippen molar-refractivity contribution in [3.05, 3.63) is 89.6 Å². The highest BCUT2D eigenvalue weighted by molar-refractivity contribution is 7.90. The van der Waals surface area contributed by atoms with Crippen LogP contribution >= 0.6 is 11.6 Å². The quantitative estimate of drug-likeness (QED) is 0.556. The normalized spacial score (nSPS) is 12.0. The van der Waals surface area contributed by atoms with Crippen LogP contribution in [-0.4, -0.2) is 19.2 Å². The Morgan fingerprint density at radius 3 is 2.24 bits per heavy atom. The number of halogens is 1. The lowest BCUT2D eigenvalue weighted by molar-refractivity contribution is 0.598. The number of pyridine rings is 1. The molecule has 1 aromatic heterocycles. The third-order valence-corrected chi connectivity index (χ3v) is 4.82. The first-order valence-electron chi connectivity index (χ1n) is 7.39. The first kappa shape index (κ1) is 17.1. The van der Waals surface area contributed by atoms with Gasteiger partial charge in [0.15, 0.2) is 5.84 Å². The fourth-order valence-corrected chi connectivity index (χ4v) is 3.20. The molecule has 0 radical (unpaired) electrons. The monoisotopic (exact) mass is 371 g/mol. The molecule has 0 spiro atoms. The number of anilines is 1. The second-order valence-electron chi connectivity index (χ2n) is 5.07. The van der Waals surface area contributed by atoms with E-state index in [1.54, 1.807) is 66.9 Å². The van der Waals surface area contributed by atoms with Crippen molar-refractivity contribution >= 4 is 33.3 Å². The van der Waals surface area contributed by atoms with E-state index in [1.165, 1.54) is 12.1 Å². The average molecular weight is 372 g/mol.